The standard InChI is InChI=1S/C19H15NO2/c1-22-19-9-7-14(16-4-2-3-5-17(16)19)6-8-18(21)15-10-12-20-13-11-15/h2-13H,1H3/b8-6+. The number of ketones is 1. The molecule has 22 heavy (non-hydrogen) atoms. The molecule has 3 rings (SSSR count). The van der Waals surface area contributed by atoms with Gasteiger partial charge in [-0.1, -0.05) is 36.4 Å². The maximum Gasteiger partial charge on any atom is 0.185 e. The molecule has 0 saturated carbocycles. The van der Waals surface area contributed by atoms with E-state index in [0.717, 1.165) is 22.1 Å². The van der Waals surface area contributed by atoms with Crippen molar-refractivity contribution < 1.29 is 9.53 Å². The van der Waals surface area contributed by atoms with Crippen molar-refractivity contribution in [1.29, 1.82) is 0 Å². The molecule has 108 valence electrons. The van der Waals surface area contributed by atoms with Crippen molar-refractivity contribution in [3.05, 3.63) is 78.1 Å². The fourth-order valence-electron chi connectivity index (χ4n) is 2.40. The number of nitrogens with zero attached hydrogens (tertiary/aromatic N) is 1. The van der Waals surface area contributed by atoms with Crippen LogP contribution in [0.25, 0.3) is 16.8 Å². The second kappa shape index (κ2) is 6.22. The minimum atomic E-state index is -0.0395. The molecule has 0 aliphatic heterocycles. The van der Waals surface area contributed by atoms with Gasteiger partial charge in [0, 0.05) is 23.3 Å². The van der Waals surface area contributed by atoms with E-state index < -0.39 is 0 Å². The van der Waals surface area contributed by atoms with E-state index in [0.29, 0.717) is 5.56 Å². The Kier molecular flexibility index (Phi) is 3.97. The number of carbonyl (C=O) groups excluding carboxylic acids is 1. The lowest BCUT2D eigenvalue weighted by Gasteiger charge is -2.07. The summed E-state index contributed by atoms with van der Waals surface area (Å²) >= 11 is 0. The number of ether oxygens (including phenoxy) is 1. The van der Waals surface area contributed by atoms with Crippen molar-refractivity contribution in [1.82, 2.24) is 4.98 Å². The van der Waals surface area contributed by atoms with Crippen molar-refractivity contribution in [2.24, 2.45) is 0 Å². The molecule has 1 aromatic heterocycles. The van der Waals surface area contributed by atoms with E-state index in [4.69, 9.17) is 4.74 Å². The molecule has 3 heteroatoms. The van der Waals surface area contributed by atoms with Crippen LogP contribution >= 0.6 is 0 Å². The van der Waals surface area contributed by atoms with Crippen LogP contribution in [-0.4, -0.2) is 17.9 Å². The molecule has 0 spiro atoms. The molecule has 0 radical (unpaired) electrons. The maximum absolute atomic E-state index is 12.1. The van der Waals surface area contributed by atoms with Crippen LogP contribution in [0.4, 0.5) is 0 Å². The summed E-state index contributed by atoms with van der Waals surface area (Å²) in [4.78, 5) is 16.1. The number of aromatic nitrogens is 1. The van der Waals surface area contributed by atoms with E-state index in [2.05, 4.69) is 4.98 Å². The summed E-state index contributed by atoms with van der Waals surface area (Å²) in [5.41, 5.74) is 1.61. The van der Waals surface area contributed by atoms with Crippen LogP contribution in [0.15, 0.2) is 67.0 Å². The molecule has 0 amide bonds. The molecule has 0 N–H and O–H groups in total. The fraction of sp³-hybridized carbons (Fsp3) is 0.0526. The molecule has 0 aliphatic carbocycles. The zero-order valence-corrected chi connectivity index (χ0v) is 12.2. The average molecular weight is 289 g/mol. The second-order valence-corrected chi connectivity index (χ2v) is 4.84. The zero-order chi connectivity index (χ0) is 15.4. The molecule has 0 unspecified atom stereocenters. The van der Waals surface area contributed by atoms with Crippen LogP contribution in [0.3, 0.4) is 0 Å². The predicted octanol–water partition coefficient (Wildman–Crippen LogP) is 4.14. The smallest absolute Gasteiger partial charge is 0.185 e. The Labute approximate surface area is 128 Å². The Morgan fingerprint density at radius 2 is 1.73 bits per heavy atom. The van der Waals surface area contributed by atoms with Gasteiger partial charge in [-0.3, -0.25) is 9.78 Å². The van der Waals surface area contributed by atoms with Gasteiger partial charge in [-0.25, -0.2) is 0 Å². The van der Waals surface area contributed by atoms with E-state index in [-0.39, 0.29) is 5.78 Å². The average Bonchev–Trinajstić information content (AvgIpc) is 2.60. The first-order valence-electron chi connectivity index (χ1n) is 6.98. The van der Waals surface area contributed by atoms with Gasteiger partial charge in [-0.15, -0.1) is 0 Å². The van der Waals surface area contributed by atoms with Gasteiger partial charge in [0.2, 0.25) is 0 Å². The third-order valence-electron chi connectivity index (χ3n) is 3.52. The van der Waals surface area contributed by atoms with Crippen molar-refractivity contribution in [2.75, 3.05) is 7.11 Å². The first-order valence-corrected chi connectivity index (χ1v) is 6.98. The summed E-state index contributed by atoms with van der Waals surface area (Å²) in [6, 6.07) is 15.3. The van der Waals surface area contributed by atoms with Crippen LogP contribution in [0.1, 0.15) is 15.9 Å². The number of fused-ring (bicyclic) bond motifs is 1. The molecule has 3 nitrogen and oxygen atoms in total. The lowest BCUT2D eigenvalue weighted by atomic mass is 10.0. The van der Waals surface area contributed by atoms with Gasteiger partial charge in [0.05, 0.1) is 7.11 Å². The number of methoxy groups -OCH3 is 1. The van der Waals surface area contributed by atoms with E-state index in [1.807, 2.05) is 42.5 Å². The number of carbonyl (C=O) groups is 1. The minimum Gasteiger partial charge on any atom is -0.496 e. The van der Waals surface area contributed by atoms with Gasteiger partial charge >= 0.3 is 0 Å². The van der Waals surface area contributed by atoms with Crippen molar-refractivity contribution in [2.45, 2.75) is 0 Å². The van der Waals surface area contributed by atoms with E-state index in [1.165, 1.54) is 0 Å². The van der Waals surface area contributed by atoms with Gasteiger partial charge in [-0.05, 0) is 35.2 Å². The monoisotopic (exact) mass is 289 g/mol. The number of rotatable bonds is 4. The number of hydrogen-bond donors (Lipinski definition) is 0. The number of benzene rings is 2. The normalized spacial score (nSPS) is 11.0. The summed E-state index contributed by atoms with van der Waals surface area (Å²) in [5.74, 6) is 0.788. The molecule has 3 aromatic rings. The molecule has 0 saturated heterocycles. The number of pyridine rings is 1. The molecular formula is C19H15NO2. The Morgan fingerprint density at radius 3 is 2.45 bits per heavy atom. The van der Waals surface area contributed by atoms with Gasteiger partial charge in [0.1, 0.15) is 5.75 Å². The SMILES string of the molecule is COc1ccc(/C=C/C(=O)c2ccncc2)c2ccccc12. The van der Waals surface area contributed by atoms with Gasteiger partial charge in [-0.2, -0.15) is 0 Å². The molecule has 0 atom stereocenters. The third kappa shape index (κ3) is 2.74. The molecular weight excluding hydrogens is 274 g/mol. The van der Waals surface area contributed by atoms with Crippen molar-refractivity contribution >= 4 is 22.6 Å². The summed E-state index contributed by atoms with van der Waals surface area (Å²) in [6.45, 7) is 0. The van der Waals surface area contributed by atoms with E-state index >= 15 is 0 Å². The van der Waals surface area contributed by atoms with Gasteiger partial charge in [0.25, 0.3) is 0 Å². The summed E-state index contributed by atoms with van der Waals surface area (Å²) < 4.78 is 5.38. The third-order valence-corrected chi connectivity index (χ3v) is 3.52. The quantitative estimate of drug-likeness (QED) is 0.535. The topological polar surface area (TPSA) is 39.2 Å². The van der Waals surface area contributed by atoms with Crippen LogP contribution in [0.2, 0.25) is 0 Å². The summed E-state index contributed by atoms with van der Waals surface area (Å²) in [6.07, 6.45) is 6.65. The second-order valence-electron chi connectivity index (χ2n) is 4.84. The summed E-state index contributed by atoms with van der Waals surface area (Å²) in [5, 5.41) is 2.09. The molecule has 0 bridgehead atoms. The first-order chi connectivity index (χ1) is 10.8. The Morgan fingerprint density at radius 1 is 1.00 bits per heavy atom. The van der Waals surface area contributed by atoms with Crippen molar-refractivity contribution in [3.8, 4) is 5.75 Å². The minimum absolute atomic E-state index is 0.0395. The Hall–Kier alpha value is -2.94. The highest BCUT2D eigenvalue weighted by molar-refractivity contribution is 6.08. The highest BCUT2D eigenvalue weighted by Gasteiger charge is 2.05. The maximum atomic E-state index is 12.1. The largest absolute Gasteiger partial charge is 0.496 e. The van der Waals surface area contributed by atoms with Gasteiger partial charge < -0.3 is 4.74 Å². The molecule has 0 fully saturated rings. The van der Waals surface area contributed by atoms with Crippen LogP contribution in [-0.2, 0) is 0 Å². The summed E-state index contributed by atoms with van der Waals surface area (Å²) in [7, 11) is 1.66. The van der Waals surface area contributed by atoms with E-state index in [9.17, 15) is 4.79 Å². The number of hydrogen-bond acceptors (Lipinski definition) is 3. The lowest BCUT2D eigenvalue weighted by Crippen LogP contribution is -1.93. The predicted molar refractivity (Wildman–Crippen MR) is 88.1 cm³/mol. The van der Waals surface area contributed by atoms with Crippen LogP contribution in [0, 0.1) is 0 Å². The number of allylic oxidation sites excluding steroid dienone is 1. The van der Waals surface area contributed by atoms with Crippen LogP contribution < -0.4 is 4.74 Å². The Balaban J connectivity index is 1.98. The zero-order valence-electron chi connectivity index (χ0n) is 12.2. The molecule has 2 aromatic carbocycles. The molecule has 1 heterocycles. The first kappa shape index (κ1) is 14.0. The van der Waals surface area contributed by atoms with Crippen LogP contribution in [0.5, 0.6) is 5.75 Å². The van der Waals surface area contributed by atoms with Gasteiger partial charge in [0.15, 0.2) is 5.78 Å². The fourth-order valence-corrected chi connectivity index (χ4v) is 2.40. The highest BCUT2D eigenvalue weighted by Crippen LogP contribution is 2.29. The van der Waals surface area contributed by atoms with E-state index in [1.54, 1.807) is 37.7 Å². The molecule has 0 aliphatic rings. The lowest BCUT2D eigenvalue weighted by molar-refractivity contribution is 0.104. The highest BCUT2D eigenvalue weighted by atomic mass is 16.5. The Bertz CT molecular complexity index is 838. The van der Waals surface area contributed by atoms with Crippen molar-refractivity contribution in [3.63, 3.8) is 0 Å².